The van der Waals surface area contributed by atoms with Crippen LogP contribution in [-0.2, 0) is 15.1 Å². The number of aromatic nitrogens is 2. The first kappa shape index (κ1) is 27.9. The van der Waals surface area contributed by atoms with Crippen LogP contribution in [0.3, 0.4) is 0 Å². The minimum atomic E-state index is -1.26. The Morgan fingerprint density at radius 2 is 2.00 bits per heavy atom. The highest BCUT2D eigenvalue weighted by Crippen LogP contribution is 2.63. The van der Waals surface area contributed by atoms with Crippen LogP contribution in [0, 0.1) is 18.7 Å². The maximum absolute atomic E-state index is 16.3. The molecule has 2 fully saturated rings. The van der Waals surface area contributed by atoms with Crippen molar-refractivity contribution in [1.82, 2.24) is 14.7 Å². The molecule has 8 nitrogen and oxygen atoms in total. The van der Waals surface area contributed by atoms with Gasteiger partial charge in [-0.3, -0.25) is 9.69 Å². The molecule has 44 heavy (non-hydrogen) atoms. The Morgan fingerprint density at radius 3 is 2.77 bits per heavy atom. The topological polar surface area (TPSA) is 85.7 Å². The van der Waals surface area contributed by atoms with Gasteiger partial charge in [-0.15, -0.1) is 0 Å². The highest BCUT2D eigenvalue weighted by Gasteiger charge is 2.68. The van der Waals surface area contributed by atoms with Crippen molar-refractivity contribution in [2.45, 2.75) is 49.7 Å². The van der Waals surface area contributed by atoms with E-state index < -0.39 is 29.3 Å². The van der Waals surface area contributed by atoms with Crippen LogP contribution in [0.1, 0.15) is 58.3 Å². The Balaban J connectivity index is 1.44. The Hall–Kier alpha value is -3.66. The molecular formula is C33H29Cl2FN4O4. The van der Waals surface area contributed by atoms with Gasteiger partial charge >= 0.3 is 5.97 Å². The van der Waals surface area contributed by atoms with Gasteiger partial charge in [-0.05, 0) is 73.6 Å². The zero-order valence-electron chi connectivity index (χ0n) is 24.1. The van der Waals surface area contributed by atoms with Gasteiger partial charge in [0.1, 0.15) is 11.4 Å². The van der Waals surface area contributed by atoms with Crippen LogP contribution in [0.15, 0.2) is 48.5 Å². The zero-order chi connectivity index (χ0) is 30.5. The number of hydrogen-bond donors (Lipinski definition) is 1. The van der Waals surface area contributed by atoms with Crippen LogP contribution in [0.5, 0.6) is 5.88 Å². The number of methoxy groups -OCH3 is 1. The van der Waals surface area contributed by atoms with Gasteiger partial charge in [0.2, 0.25) is 11.8 Å². The summed E-state index contributed by atoms with van der Waals surface area (Å²) in [6.07, 6.45) is 2.71. The second-order valence-electron chi connectivity index (χ2n) is 12.2. The third-order valence-corrected chi connectivity index (χ3v) is 10.4. The van der Waals surface area contributed by atoms with E-state index in [1.54, 1.807) is 30.3 Å². The van der Waals surface area contributed by atoms with E-state index in [4.69, 9.17) is 37.8 Å². The number of rotatable bonds is 4. The predicted molar refractivity (Wildman–Crippen MR) is 164 cm³/mol. The maximum atomic E-state index is 16.3. The molecule has 1 amide bonds. The summed E-state index contributed by atoms with van der Waals surface area (Å²) < 4.78 is 29.6. The van der Waals surface area contributed by atoms with Gasteiger partial charge in [0.05, 0.1) is 41.2 Å². The number of anilines is 1. The minimum Gasteiger partial charge on any atom is -0.477 e. The maximum Gasteiger partial charge on any atom is 0.338 e. The minimum absolute atomic E-state index is 0.0151. The molecule has 1 aliphatic carbocycles. The van der Waals surface area contributed by atoms with E-state index in [9.17, 15) is 9.59 Å². The van der Waals surface area contributed by atoms with Crippen molar-refractivity contribution in [2.24, 2.45) is 5.92 Å². The number of hydrogen-bond acceptors (Lipinski definition) is 6. The number of ether oxygens (including phenoxy) is 2. The van der Waals surface area contributed by atoms with E-state index in [1.807, 2.05) is 23.7 Å². The lowest BCUT2D eigenvalue weighted by Gasteiger charge is -2.40. The van der Waals surface area contributed by atoms with E-state index in [-0.39, 0.29) is 17.0 Å². The average molecular weight is 636 g/mol. The molecule has 8 rings (SSSR count). The molecule has 1 spiro atoms. The van der Waals surface area contributed by atoms with Crippen LogP contribution < -0.4 is 10.1 Å². The largest absolute Gasteiger partial charge is 0.477 e. The van der Waals surface area contributed by atoms with Crippen LogP contribution in [0.4, 0.5) is 10.1 Å². The summed E-state index contributed by atoms with van der Waals surface area (Å²) >= 11 is 12.8. The van der Waals surface area contributed by atoms with Gasteiger partial charge in [0.25, 0.3) is 0 Å². The highest BCUT2D eigenvalue weighted by molar-refractivity contribution is 6.31. The molecule has 0 unspecified atom stereocenters. The summed E-state index contributed by atoms with van der Waals surface area (Å²) in [5, 5.41) is 9.30. The molecule has 1 saturated heterocycles. The molecule has 4 aromatic rings. The SMILES string of the molecule is COC(=O)c1cc2c3n(nc2cc1C)[C@@H]1[C@H](CCO3)N(CC2CC2)[C@@]2(C(=O)Nc3cc(Cl)ccc32)[C@H]1c1cccc(Cl)c1F. The summed E-state index contributed by atoms with van der Waals surface area (Å²) in [5.74, 6) is -1.08. The Morgan fingerprint density at radius 1 is 1.18 bits per heavy atom. The first-order valence-electron chi connectivity index (χ1n) is 14.8. The van der Waals surface area contributed by atoms with Crippen molar-refractivity contribution in [2.75, 3.05) is 25.6 Å². The van der Waals surface area contributed by atoms with E-state index in [1.165, 1.54) is 13.2 Å². The molecule has 1 aromatic heterocycles. The molecule has 4 aliphatic rings. The molecule has 4 heterocycles. The lowest BCUT2D eigenvalue weighted by molar-refractivity contribution is -0.128. The standard InChI is InChI=1S/C33H29Cl2FN4O4/c1-16-12-24-21(14-20(16)31(41)43-2)30-40(38-24)29-26(10-11-44-30)39(15-17-6-7-17)33(27(29)19-4-3-5-23(35)28(19)36)22-9-8-18(34)13-25(22)37-32(33)42/h3-5,8-9,12-14,17,26-27,29H,6-7,10-11,15H2,1-2H3,(H,37,42)/t26-,27-,29+,33+/m0/s1. The van der Waals surface area contributed by atoms with Gasteiger partial charge in [0.15, 0.2) is 0 Å². The number of benzene rings is 3. The van der Waals surface area contributed by atoms with Crippen molar-refractivity contribution >= 4 is 51.7 Å². The van der Waals surface area contributed by atoms with Crippen molar-refractivity contribution in [3.05, 3.63) is 86.6 Å². The average Bonchev–Trinajstić information content (AvgIpc) is 3.66. The Kier molecular flexibility index (Phi) is 6.28. The molecule has 3 aromatic carbocycles. The van der Waals surface area contributed by atoms with E-state index in [0.717, 1.165) is 18.4 Å². The summed E-state index contributed by atoms with van der Waals surface area (Å²) in [4.78, 5) is 29.5. The molecule has 1 saturated carbocycles. The van der Waals surface area contributed by atoms with Crippen molar-refractivity contribution in [3.8, 4) is 5.88 Å². The van der Waals surface area contributed by atoms with Crippen molar-refractivity contribution in [1.29, 1.82) is 0 Å². The van der Waals surface area contributed by atoms with Gasteiger partial charge in [-0.1, -0.05) is 41.4 Å². The van der Waals surface area contributed by atoms with Gasteiger partial charge in [-0.25, -0.2) is 13.9 Å². The van der Waals surface area contributed by atoms with E-state index in [0.29, 0.717) is 69.7 Å². The number of nitrogens with zero attached hydrogens (tertiary/aromatic N) is 3. The lowest BCUT2D eigenvalue weighted by Crippen LogP contribution is -2.53. The van der Waals surface area contributed by atoms with Crippen molar-refractivity contribution in [3.63, 3.8) is 0 Å². The summed E-state index contributed by atoms with van der Waals surface area (Å²) in [7, 11) is 1.35. The second-order valence-corrected chi connectivity index (χ2v) is 13.1. The number of carbonyl (C=O) groups is 2. The van der Waals surface area contributed by atoms with Gasteiger partial charge in [0, 0.05) is 34.8 Å². The fraction of sp³-hybridized carbons (Fsp3) is 0.364. The fourth-order valence-electron chi connectivity index (χ4n) is 7.82. The molecule has 0 radical (unpaired) electrons. The number of nitrogens with one attached hydrogen (secondary N) is 1. The zero-order valence-corrected chi connectivity index (χ0v) is 25.6. The quantitative estimate of drug-likeness (QED) is 0.254. The molecule has 4 atom stereocenters. The first-order chi connectivity index (χ1) is 21.2. The molecule has 226 valence electrons. The summed E-state index contributed by atoms with van der Waals surface area (Å²) in [5.41, 5.74) is 2.21. The number of carbonyl (C=O) groups excluding carboxylic acids is 2. The third kappa shape index (κ3) is 3.82. The molecule has 0 bridgehead atoms. The van der Waals surface area contributed by atoms with Gasteiger partial charge < -0.3 is 14.8 Å². The van der Waals surface area contributed by atoms with Crippen LogP contribution >= 0.6 is 23.2 Å². The van der Waals surface area contributed by atoms with Crippen LogP contribution in [0.25, 0.3) is 10.9 Å². The lowest BCUT2D eigenvalue weighted by atomic mass is 9.73. The number of fused-ring (bicyclic) bond motifs is 7. The van der Waals surface area contributed by atoms with Crippen LogP contribution in [0.2, 0.25) is 10.0 Å². The Labute approximate surface area is 263 Å². The number of amides is 1. The second kappa shape index (κ2) is 9.92. The third-order valence-electron chi connectivity index (χ3n) is 9.83. The summed E-state index contributed by atoms with van der Waals surface area (Å²) in [6.45, 7) is 2.84. The van der Waals surface area contributed by atoms with Gasteiger partial charge in [-0.2, -0.15) is 5.10 Å². The monoisotopic (exact) mass is 634 g/mol. The van der Waals surface area contributed by atoms with E-state index in [2.05, 4.69) is 10.2 Å². The fourth-order valence-corrected chi connectivity index (χ4v) is 8.18. The van der Waals surface area contributed by atoms with Crippen LogP contribution in [-0.4, -0.2) is 52.9 Å². The first-order valence-corrected chi connectivity index (χ1v) is 15.6. The molecule has 1 N–H and O–H groups in total. The number of likely N-dealkylation sites (tertiary alicyclic amines) is 1. The van der Waals surface area contributed by atoms with Crippen molar-refractivity contribution < 1.29 is 23.5 Å². The molecule has 3 aliphatic heterocycles. The molecular weight excluding hydrogens is 606 g/mol. The highest BCUT2D eigenvalue weighted by atomic mass is 35.5. The number of halogens is 3. The smallest absolute Gasteiger partial charge is 0.338 e. The Bertz CT molecular complexity index is 1890. The summed E-state index contributed by atoms with van der Waals surface area (Å²) in [6, 6.07) is 13.2. The normalized spacial score (nSPS) is 25.8. The molecule has 11 heteroatoms. The van der Waals surface area contributed by atoms with E-state index >= 15 is 4.39 Å². The number of aryl methyl sites for hydroxylation is 1. The number of esters is 1. The predicted octanol–water partition coefficient (Wildman–Crippen LogP) is 6.63.